The molecule has 18 heavy (non-hydrogen) atoms. The van der Waals surface area contributed by atoms with Crippen molar-refractivity contribution < 1.29 is 5.11 Å². The van der Waals surface area contributed by atoms with E-state index < -0.39 is 0 Å². The third-order valence-electron chi connectivity index (χ3n) is 3.47. The van der Waals surface area contributed by atoms with Gasteiger partial charge in [0.05, 0.1) is 12.1 Å². The Balaban J connectivity index is 2.99. The highest BCUT2D eigenvalue weighted by atomic mass is 16.3. The van der Waals surface area contributed by atoms with Gasteiger partial charge >= 0.3 is 0 Å². The lowest BCUT2D eigenvalue weighted by atomic mass is 9.93. The number of rotatable bonds is 7. The Bertz CT molecular complexity index is 369. The second-order valence-corrected chi connectivity index (χ2v) is 4.50. The molecule has 3 N–H and O–H groups in total. The van der Waals surface area contributed by atoms with Crippen LogP contribution in [0.1, 0.15) is 39.2 Å². The molecule has 1 aromatic rings. The minimum Gasteiger partial charge on any atom is -0.394 e. The first kappa shape index (κ1) is 14.7. The van der Waals surface area contributed by atoms with Gasteiger partial charge in [0.2, 0.25) is 0 Å². The Labute approximate surface area is 109 Å². The molecule has 0 aliphatic rings. The SMILES string of the molecule is CCNc1ncnc(NC(CC)(CC)CO)c1C. The molecular weight excluding hydrogens is 228 g/mol. The zero-order valence-corrected chi connectivity index (χ0v) is 11.7. The van der Waals surface area contributed by atoms with E-state index in [1.165, 1.54) is 0 Å². The number of aliphatic hydroxyl groups is 1. The molecule has 0 aromatic carbocycles. The molecule has 0 atom stereocenters. The van der Waals surface area contributed by atoms with Crippen LogP contribution in [0.25, 0.3) is 0 Å². The first-order valence-electron chi connectivity index (χ1n) is 6.57. The van der Waals surface area contributed by atoms with Crippen LogP contribution in [0.4, 0.5) is 11.6 Å². The predicted octanol–water partition coefficient (Wildman–Crippen LogP) is 2.18. The van der Waals surface area contributed by atoms with Crippen LogP contribution in [0, 0.1) is 6.92 Å². The number of anilines is 2. The number of nitrogens with one attached hydrogen (secondary N) is 2. The van der Waals surface area contributed by atoms with Crippen molar-refractivity contribution in [3.8, 4) is 0 Å². The van der Waals surface area contributed by atoms with E-state index in [1.54, 1.807) is 6.33 Å². The fraction of sp³-hybridized carbons (Fsp3) is 0.692. The van der Waals surface area contributed by atoms with Crippen LogP contribution >= 0.6 is 0 Å². The third-order valence-corrected chi connectivity index (χ3v) is 3.47. The number of nitrogens with zero attached hydrogens (tertiary/aromatic N) is 2. The quantitative estimate of drug-likeness (QED) is 0.694. The van der Waals surface area contributed by atoms with Crippen LogP contribution in [-0.2, 0) is 0 Å². The lowest BCUT2D eigenvalue weighted by Gasteiger charge is -2.32. The van der Waals surface area contributed by atoms with Crippen molar-refractivity contribution >= 4 is 11.6 Å². The molecule has 1 heterocycles. The van der Waals surface area contributed by atoms with Crippen molar-refractivity contribution in [2.24, 2.45) is 0 Å². The lowest BCUT2D eigenvalue weighted by molar-refractivity contribution is 0.202. The molecule has 0 saturated heterocycles. The summed E-state index contributed by atoms with van der Waals surface area (Å²) in [6, 6.07) is 0. The van der Waals surface area contributed by atoms with Crippen molar-refractivity contribution in [3.63, 3.8) is 0 Å². The minimum absolute atomic E-state index is 0.0972. The average molecular weight is 252 g/mol. The monoisotopic (exact) mass is 252 g/mol. The van der Waals surface area contributed by atoms with E-state index in [9.17, 15) is 5.11 Å². The molecule has 0 fully saturated rings. The fourth-order valence-electron chi connectivity index (χ4n) is 1.86. The average Bonchev–Trinajstić information content (AvgIpc) is 2.41. The molecule has 5 nitrogen and oxygen atoms in total. The Morgan fingerprint density at radius 3 is 2.28 bits per heavy atom. The van der Waals surface area contributed by atoms with Crippen LogP contribution in [0.2, 0.25) is 0 Å². The number of aromatic nitrogens is 2. The molecule has 102 valence electrons. The standard InChI is InChI=1S/C13H24N4O/c1-5-13(6-2,8-18)17-12-10(4)11(14-7-3)15-9-16-12/h9,18H,5-8H2,1-4H3,(H2,14,15,16,17). The molecule has 0 unspecified atom stereocenters. The highest BCUT2D eigenvalue weighted by Gasteiger charge is 2.26. The van der Waals surface area contributed by atoms with Crippen LogP contribution < -0.4 is 10.6 Å². The summed E-state index contributed by atoms with van der Waals surface area (Å²) in [4.78, 5) is 8.49. The maximum atomic E-state index is 9.58. The van der Waals surface area contributed by atoms with E-state index in [4.69, 9.17) is 0 Å². The topological polar surface area (TPSA) is 70.1 Å². The first-order chi connectivity index (χ1) is 8.62. The molecule has 0 saturated carbocycles. The Hall–Kier alpha value is -1.36. The van der Waals surface area contributed by atoms with Crippen molar-refractivity contribution in [1.82, 2.24) is 9.97 Å². The van der Waals surface area contributed by atoms with Gasteiger partial charge in [-0.05, 0) is 26.7 Å². The van der Waals surface area contributed by atoms with E-state index in [-0.39, 0.29) is 12.1 Å². The van der Waals surface area contributed by atoms with Crippen molar-refractivity contribution in [2.45, 2.75) is 46.1 Å². The van der Waals surface area contributed by atoms with Crippen molar-refractivity contribution in [2.75, 3.05) is 23.8 Å². The van der Waals surface area contributed by atoms with Gasteiger partial charge in [0.1, 0.15) is 18.0 Å². The fourth-order valence-corrected chi connectivity index (χ4v) is 1.86. The molecule has 1 rings (SSSR count). The van der Waals surface area contributed by atoms with Crippen LogP contribution in [0.15, 0.2) is 6.33 Å². The lowest BCUT2D eigenvalue weighted by Crippen LogP contribution is -2.41. The number of aliphatic hydroxyl groups excluding tert-OH is 1. The molecule has 0 bridgehead atoms. The Kier molecular flexibility index (Phi) is 5.34. The minimum atomic E-state index is -0.303. The zero-order chi connectivity index (χ0) is 13.6. The van der Waals surface area contributed by atoms with E-state index in [0.717, 1.165) is 36.6 Å². The summed E-state index contributed by atoms with van der Waals surface area (Å²) in [6.07, 6.45) is 3.24. The van der Waals surface area contributed by atoms with Gasteiger partial charge in [-0.15, -0.1) is 0 Å². The van der Waals surface area contributed by atoms with E-state index in [1.807, 2.05) is 13.8 Å². The summed E-state index contributed by atoms with van der Waals surface area (Å²) < 4.78 is 0. The molecule has 0 amide bonds. The van der Waals surface area contributed by atoms with Gasteiger partial charge in [0.15, 0.2) is 0 Å². The highest BCUT2D eigenvalue weighted by Crippen LogP contribution is 2.25. The first-order valence-corrected chi connectivity index (χ1v) is 6.57. The molecule has 0 radical (unpaired) electrons. The summed E-state index contributed by atoms with van der Waals surface area (Å²) in [6.45, 7) is 9.06. The predicted molar refractivity (Wildman–Crippen MR) is 75.0 cm³/mol. The number of hydrogen-bond acceptors (Lipinski definition) is 5. The van der Waals surface area contributed by atoms with E-state index in [2.05, 4.69) is 34.4 Å². The molecule has 0 spiro atoms. The molecule has 1 aromatic heterocycles. The van der Waals surface area contributed by atoms with Gasteiger partial charge in [-0.2, -0.15) is 0 Å². The van der Waals surface area contributed by atoms with Gasteiger partial charge in [0, 0.05) is 12.1 Å². The Morgan fingerprint density at radius 2 is 1.78 bits per heavy atom. The molecule has 0 aliphatic carbocycles. The molecule has 5 heteroatoms. The van der Waals surface area contributed by atoms with Crippen molar-refractivity contribution in [1.29, 1.82) is 0 Å². The van der Waals surface area contributed by atoms with Gasteiger partial charge in [-0.3, -0.25) is 0 Å². The second-order valence-electron chi connectivity index (χ2n) is 4.50. The maximum absolute atomic E-state index is 9.58. The number of hydrogen-bond donors (Lipinski definition) is 3. The summed E-state index contributed by atoms with van der Waals surface area (Å²) in [7, 11) is 0. The smallest absolute Gasteiger partial charge is 0.134 e. The van der Waals surface area contributed by atoms with Crippen LogP contribution in [-0.4, -0.2) is 33.8 Å². The molecular formula is C13H24N4O. The maximum Gasteiger partial charge on any atom is 0.134 e. The highest BCUT2D eigenvalue weighted by molar-refractivity contribution is 5.57. The summed E-state index contributed by atoms with van der Waals surface area (Å²) in [5.74, 6) is 1.63. The second kappa shape index (κ2) is 6.54. The van der Waals surface area contributed by atoms with Gasteiger partial charge in [0.25, 0.3) is 0 Å². The zero-order valence-electron chi connectivity index (χ0n) is 11.7. The van der Waals surface area contributed by atoms with Gasteiger partial charge in [-0.1, -0.05) is 13.8 Å². The summed E-state index contributed by atoms with van der Waals surface area (Å²) in [5.41, 5.74) is 0.682. The van der Waals surface area contributed by atoms with Crippen LogP contribution in [0.3, 0.4) is 0 Å². The largest absolute Gasteiger partial charge is 0.394 e. The summed E-state index contributed by atoms with van der Waals surface area (Å²) in [5, 5.41) is 16.1. The third kappa shape index (κ3) is 3.10. The van der Waals surface area contributed by atoms with Gasteiger partial charge < -0.3 is 15.7 Å². The summed E-state index contributed by atoms with van der Waals surface area (Å²) >= 11 is 0. The molecule has 0 aliphatic heterocycles. The normalized spacial score (nSPS) is 11.4. The van der Waals surface area contributed by atoms with E-state index in [0.29, 0.717) is 0 Å². The van der Waals surface area contributed by atoms with Crippen molar-refractivity contribution in [3.05, 3.63) is 11.9 Å². The van der Waals surface area contributed by atoms with Crippen LogP contribution in [0.5, 0.6) is 0 Å². The Morgan fingerprint density at radius 1 is 1.17 bits per heavy atom. The van der Waals surface area contributed by atoms with E-state index >= 15 is 0 Å². The van der Waals surface area contributed by atoms with Gasteiger partial charge in [-0.25, -0.2) is 9.97 Å².